The van der Waals surface area contributed by atoms with Crippen LogP contribution in [0.2, 0.25) is 0 Å². The van der Waals surface area contributed by atoms with Gasteiger partial charge in [-0.05, 0) is 24.6 Å². The third-order valence-corrected chi connectivity index (χ3v) is 9.51. The standard InChI is InChI=1S/C33H52N3O8P/c1-2-3-4-5-6-7-8-9-10-11-12-13-14-15-16-17-23-42-45(39,40)43-24-28-30(37)31(38)33(44-28)36-21-20-26-29(27-19-18-22-41-27)34-25-35-32(26)36/h18-22,25,28,30-31,33,37-38H,2-17,23-24H2,1H3,(H,39,40)/t28-,30-,31-,33-/m1/s1. The molecule has 1 saturated heterocycles. The van der Waals surface area contributed by atoms with Crippen molar-refractivity contribution < 1.29 is 37.9 Å². The van der Waals surface area contributed by atoms with Gasteiger partial charge in [-0.2, -0.15) is 0 Å². The fourth-order valence-electron chi connectivity index (χ4n) is 5.92. The van der Waals surface area contributed by atoms with Gasteiger partial charge in [0.2, 0.25) is 0 Å². The Labute approximate surface area is 266 Å². The molecule has 4 rings (SSSR count). The second-order valence-corrected chi connectivity index (χ2v) is 13.6. The number of aromatic nitrogens is 3. The lowest BCUT2D eigenvalue weighted by molar-refractivity contribution is -0.0512. The number of aliphatic hydroxyl groups excluding tert-OH is 2. The summed E-state index contributed by atoms with van der Waals surface area (Å²) < 4.78 is 35.6. The Balaban J connectivity index is 1.07. The average molecular weight is 650 g/mol. The number of unbranched alkanes of at least 4 members (excludes halogenated alkanes) is 15. The number of ether oxygens (including phenoxy) is 1. The van der Waals surface area contributed by atoms with E-state index in [0.717, 1.165) is 19.3 Å². The van der Waals surface area contributed by atoms with Crippen LogP contribution in [0.3, 0.4) is 0 Å². The summed E-state index contributed by atoms with van der Waals surface area (Å²) in [5, 5.41) is 22.0. The van der Waals surface area contributed by atoms with Gasteiger partial charge in [0.25, 0.3) is 0 Å². The number of nitrogens with zero attached hydrogens (tertiary/aromatic N) is 3. The molecule has 4 heterocycles. The summed E-state index contributed by atoms with van der Waals surface area (Å²) in [6.07, 6.45) is 19.9. The zero-order chi connectivity index (χ0) is 31.9. The quantitative estimate of drug-likeness (QED) is 0.0689. The van der Waals surface area contributed by atoms with Gasteiger partial charge in [-0.1, -0.05) is 103 Å². The molecular formula is C33H52N3O8P. The smallest absolute Gasteiger partial charge is 0.463 e. The van der Waals surface area contributed by atoms with E-state index in [1.807, 2.05) is 0 Å². The van der Waals surface area contributed by atoms with E-state index in [1.165, 1.54) is 83.4 Å². The molecule has 252 valence electrons. The Hall–Kier alpha value is -2.11. The third kappa shape index (κ3) is 11.0. The minimum Gasteiger partial charge on any atom is -0.463 e. The molecule has 0 aromatic carbocycles. The van der Waals surface area contributed by atoms with Gasteiger partial charge in [-0.25, -0.2) is 14.5 Å². The predicted octanol–water partition coefficient (Wildman–Crippen LogP) is 7.71. The van der Waals surface area contributed by atoms with Crippen molar-refractivity contribution in [3.05, 3.63) is 37.0 Å². The number of hydrogen-bond acceptors (Lipinski definition) is 9. The molecule has 11 nitrogen and oxygen atoms in total. The monoisotopic (exact) mass is 649 g/mol. The van der Waals surface area contributed by atoms with Gasteiger partial charge >= 0.3 is 7.82 Å². The molecule has 45 heavy (non-hydrogen) atoms. The topological polar surface area (TPSA) is 149 Å². The maximum Gasteiger partial charge on any atom is 0.472 e. The number of fused-ring (bicyclic) bond motifs is 1. The fourth-order valence-corrected chi connectivity index (χ4v) is 6.69. The Morgan fingerprint density at radius 3 is 2.07 bits per heavy atom. The van der Waals surface area contributed by atoms with E-state index in [1.54, 1.807) is 35.2 Å². The Morgan fingerprint density at radius 1 is 0.844 bits per heavy atom. The van der Waals surface area contributed by atoms with Gasteiger partial charge < -0.3 is 28.8 Å². The first-order valence-electron chi connectivity index (χ1n) is 16.9. The zero-order valence-electron chi connectivity index (χ0n) is 26.7. The fraction of sp³-hybridized carbons (Fsp3) is 0.697. The SMILES string of the molecule is CCCCCCCCCCCCCCCCCCOP(=O)(O)OC[C@H]1O[C@@H](n2ccc3c(-c4ccco4)ncnc32)[C@H](O)[C@@H]1O. The maximum atomic E-state index is 12.4. The molecule has 1 unspecified atom stereocenters. The van der Waals surface area contributed by atoms with E-state index in [2.05, 4.69) is 16.9 Å². The lowest BCUT2D eigenvalue weighted by atomic mass is 10.0. The van der Waals surface area contributed by atoms with E-state index >= 15 is 0 Å². The molecule has 0 spiro atoms. The van der Waals surface area contributed by atoms with E-state index in [4.69, 9.17) is 18.2 Å². The molecule has 3 aromatic rings. The van der Waals surface area contributed by atoms with Crippen LogP contribution in [0.1, 0.15) is 116 Å². The van der Waals surface area contributed by atoms with Crippen molar-refractivity contribution in [1.29, 1.82) is 0 Å². The van der Waals surface area contributed by atoms with Crippen molar-refractivity contribution in [3.8, 4) is 11.5 Å². The highest BCUT2D eigenvalue weighted by molar-refractivity contribution is 7.47. The van der Waals surface area contributed by atoms with Crippen LogP contribution < -0.4 is 0 Å². The molecule has 1 aliphatic rings. The van der Waals surface area contributed by atoms with Gasteiger partial charge in [-0.15, -0.1) is 0 Å². The minimum absolute atomic E-state index is 0.110. The highest BCUT2D eigenvalue weighted by atomic mass is 31.2. The normalized spacial score (nSPS) is 21.5. The Bertz CT molecular complexity index is 1290. The molecule has 1 aliphatic heterocycles. The maximum absolute atomic E-state index is 12.4. The minimum atomic E-state index is -4.35. The number of furan rings is 1. The first-order chi connectivity index (χ1) is 21.9. The number of hydrogen-bond donors (Lipinski definition) is 3. The van der Waals surface area contributed by atoms with Crippen LogP contribution in [0.15, 0.2) is 41.4 Å². The average Bonchev–Trinajstić information content (AvgIpc) is 3.78. The number of rotatable bonds is 23. The van der Waals surface area contributed by atoms with Crippen molar-refractivity contribution in [3.63, 3.8) is 0 Å². The van der Waals surface area contributed by atoms with Crippen molar-refractivity contribution in [2.75, 3.05) is 13.2 Å². The Kier molecular flexibility index (Phi) is 15.0. The van der Waals surface area contributed by atoms with Crippen molar-refractivity contribution >= 4 is 18.9 Å². The summed E-state index contributed by atoms with van der Waals surface area (Å²) in [6.45, 7) is 1.95. The van der Waals surface area contributed by atoms with Gasteiger partial charge in [0.15, 0.2) is 12.0 Å². The zero-order valence-corrected chi connectivity index (χ0v) is 27.6. The second-order valence-electron chi connectivity index (χ2n) is 12.1. The predicted molar refractivity (Wildman–Crippen MR) is 172 cm³/mol. The van der Waals surface area contributed by atoms with Crippen LogP contribution in [-0.2, 0) is 18.3 Å². The van der Waals surface area contributed by atoms with Crippen LogP contribution in [0, 0.1) is 0 Å². The molecule has 1 fully saturated rings. The molecule has 0 bridgehead atoms. The van der Waals surface area contributed by atoms with Crippen LogP contribution in [0.5, 0.6) is 0 Å². The van der Waals surface area contributed by atoms with E-state index in [-0.39, 0.29) is 6.61 Å². The van der Waals surface area contributed by atoms with Gasteiger partial charge in [0, 0.05) is 11.6 Å². The number of phosphoric ester groups is 1. The summed E-state index contributed by atoms with van der Waals surface area (Å²) in [4.78, 5) is 18.8. The number of phosphoric acid groups is 1. The van der Waals surface area contributed by atoms with Gasteiger partial charge in [-0.3, -0.25) is 9.05 Å². The lowest BCUT2D eigenvalue weighted by Crippen LogP contribution is -2.33. The highest BCUT2D eigenvalue weighted by Gasteiger charge is 2.45. The lowest BCUT2D eigenvalue weighted by Gasteiger charge is -2.18. The van der Waals surface area contributed by atoms with Gasteiger partial charge in [0.1, 0.15) is 36.0 Å². The van der Waals surface area contributed by atoms with Crippen LogP contribution in [0.25, 0.3) is 22.5 Å². The second kappa shape index (κ2) is 18.9. The molecule has 0 saturated carbocycles. The van der Waals surface area contributed by atoms with Crippen molar-refractivity contribution in [1.82, 2.24) is 14.5 Å². The molecule has 12 heteroatoms. The van der Waals surface area contributed by atoms with Crippen LogP contribution in [-0.4, -0.2) is 61.2 Å². The molecule has 0 aliphatic carbocycles. The van der Waals surface area contributed by atoms with Crippen molar-refractivity contribution in [2.45, 2.75) is 134 Å². The Morgan fingerprint density at radius 2 is 1.47 bits per heavy atom. The first kappa shape index (κ1) is 35.7. The summed E-state index contributed by atoms with van der Waals surface area (Å²) in [7, 11) is -4.35. The van der Waals surface area contributed by atoms with Crippen molar-refractivity contribution in [2.24, 2.45) is 0 Å². The van der Waals surface area contributed by atoms with E-state index < -0.39 is 39.0 Å². The molecule has 0 amide bonds. The molecule has 5 atom stereocenters. The summed E-state index contributed by atoms with van der Waals surface area (Å²) >= 11 is 0. The first-order valence-corrected chi connectivity index (χ1v) is 18.4. The molecule has 3 N–H and O–H groups in total. The molecule has 3 aromatic heterocycles. The molecule has 0 radical (unpaired) electrons. The van der Waals surface area contributed by atoms with Gasteiger partial charge in [0.05, 0.1) is 19.5 Å². The summed E-state index contributed by atoms with van der Waals surface area (Å²) in [5.74, 6) is 0.567. The largest absolute Gasteiger partial charge is 0.472 e. The highest BCUT2D eigenvalue weighted by Crippen LogP contribution is 2.45. The van der Waals surface area contributed by atoms with Crippen LogP contribution in [0.4, 0.5) is 0 Å². The summed E-state index contributed by atoms with van der Waals surface area (Å²) in [6, 6.07) is 5.32. The number of aliphatic hydroxyl groups is 2. The van der Waals surface area contributed by atoms with E-state index in [9.17, 15) is 19.7 Å². The summed E-state index contributed by atoms with van der Waals surface area (Å²) in [5.41, 5.74) is 1.06. The van der Waals surface area contributed by atoms with E-state index in [0.29, 0.717) is 28.9 Å². The third-order valence-electron chi connectivity index (χ3n) is 8.53. The molecular weight excluding hydrogens is 597 g/mol. The van der Waals surface area contributed by atoms with Crippen LogP contribution >= 0.6 is 7.82 Å².